The summed E-state index contributed by atoms with van der Waals surface area (Å²) < 4.78 is 0. The van der Waals surface area contributed by atoms with Crippen LogP contribution in [-0.4, -0.2) is 35.4 Å². The van der Waals surface area contributed by atoms with E-state index in [0.29, 0.717) is 30.0 Å². The van der Waals surface area contributed by atoms with Gasteiger partial charge in [-0.15, -0.1) is 0 Å². The van der Waals surface area contributed by atoms with Gasteiger partial charge in [-0.3, -0.25) is 4.79 Å². The fraction of sp³-hybridized carbons (Fsp3) is 0.462. The summed E-state index contributed by atoms with van der Waals surface area (Å²) in [6.45, 7) is 2.24. The molecule has 0 radical (unpaired) electrons. The van der Waals surface area contributed by atoms with Crippen LogP contribution in [0.3, 0.4) is 0 Å². The van der Waals surface area contributed by atoms with Crippen LogP contribution in [0, 0.1) is 11.3 Å². The van der Waals surface area contributed by atoms with E-state index in [-0.39, 0.29) is 5.91 Å². The van der Waals surface area contributed by atoms with Crippen molar-refractivity contribution < 1.29 is 4.79 Å². The van der Waals surface area contributed by atoms with Crippen LogP contribution in [0.2, 0.25) is 0 Å². The van der Waals surface area contributed by atoms with E-state index in [4.69, 9.17) is 11.0 Å². The maximum absolute atomic E-state index is 11.8. The van der Waals surface area contributed by atoms with Crippen LogP contribution in [0.1, 0.15) is 24.8 Å². The number of hydrogen-bond donors (Lipinski definition) is 2. The number of amides is 1. The molecule has 6 nitrogen and oxygen atoms in total. The van der Waals surface area contributed by atoms with Crippen molar-refractivity contribution in [2.24, 2.45) is 0 Å². The third-order valence-electron chi connectivity index (χ3n) is 3.14. The van der Waals surface area contributed by atoms with Gasteiger partial charge in [0.1, 0.15) is 11.9 Å². The van der Waals surface area contributed by atoms with Gasteiger partial charge in [-0.1, -0.05) is 0 Å². The summed E-state index contributed by atoms with van der Waals surface area (Å²) in [5, 5.41) is 11.7. The Morgan fingerprint density at radius 1 is 1.53 bits per heavy atom. The first-order valence-electron chi connectivity index (χ1n) is 6.38. The minimum atomic E-state index is 0.164. The second kappa shape index (κ2) is 6.05. The minimum absolute atomic E-state index is 0.164. The lowest BCUT2D eigenvalue weighted by Gasteiger charge is -2.15. The molecular weight excluding hydrogens is 242 g/mol. The molecule has 0 bridgehead atoms. The molecule has 3 N–H and O–H groups in total. The maximum atomic E-state index is 11.8. The molecule has 1 aromatic rings. The first-order chi connectivity index (χ1) is 9.20. The zero-order valence-electron chi connectivity index (χ0n) is 10.7. The van der Waals surface area contributed by atoms with Gasteiger partial charge >= 0.3 is 0 Å². The van der Waals surface area contributed by atoms with Crippen LogP contribution in [0.4, 0.5) is 11.5 Å². The monoisotopic (exact) mass is 259 g/mol. The summed E-state index contributed by atoms with van der Waals surface area (Å²) in [6.07, 6.45) is 4.09. The second-order valence-electron chi connectivity index (χ2n) is 4.54. The van der Waals surface area contributed by atoms with Crippen molar-refractivity contribution in [3.63, 3.8) is 0 Å². The summed E-state index contributed by atoms with van der Waals surface area (Å²) in [5.41, 5.74) is 6.62. The molecule has 100 valence electrons. The van der Waals surface area contributed by atoms with Crippen molar-refractivity contribution in [3.05, 3.63) is 17.8 Å². The summed E-state index contributed by atoms with van der Waals surface area (Å²) in [6, 6.07) is 3.54. The lowest BCUT2D eigenvalue weighted by Crippen LogP contribution is -2.29. The third kappa shape index (κ3) is 3.35. The van der Waals surface area contributed by atoms with Gasteiger partial charge in [-0.05, 0) is 18.9 Å². The number of aromatic nitrogens is 1. The fourth-order valence-electron chi connectivity index (χ4n) is 2.10. The van der Waals surface area contributed by atoms with Crippen molar-refractivity contribution in [2.45, 2.75) is 19.3 Å². The molecule has 2 heterocycles. The molecule has 0 spiro atoms. The summed E-state index contributed by atoms with van der Waals surface area (Å²) in [7, 11) is 0. The van der Waals surface area contributed by atoms with Crippen LogP contribution in [0.15, 0.2) is 12.3 Å². The predicted octanol–water partition coefficient (Wildman–Crippen LogP) is 0.960. The smallest absolute Gasteiger partial charge is 0.224 e. The lowest BCUT2D eigenvalue weighted by molar-refractivity contribution is -0.129. The average molecular weight is 259 g/mol. The highest BCUT2D eigenvalue weighted by molar-refractivity contribution is 5.77. The van der Waals surface area contributed by atoms with Crippen LogP contribution < -0.4 is 11.1 Å². The number of anilines is 2. The molecule has 1 aliphatic rings. The molecule has 1 aromatic heterocycles. The number of nitriles is 1. The summed E-state index contributed by atoms with van der Waals surface area (Å²) in [5.74, 6) is 0.686. The Balaban J connectivity index is 1.82. The molecule has 1 amide bonds. The van der Waals surface area contributed by atoms with Crippen molar-refractivity contribution in [3.8, 4) is 6.07 Å². The van der Waals surface area contributed by atoms with Crippen molar-refractivity contribution in [1.82, 2.24) is 9.88 Å². The van der Waals surface area contributed by atoms with Crippen molar-refractivity contribution >= 4 is 17.4 Å². The van der Waals surface area contributed by atoms with Gasteiger partial charge in [-0.25, -0.2) is 4.98 Å². The first kappa shape index (κ1) is 13.1. The molecule has 19 heavy (non-hydrogen) atoms. The van der Waals surface area contributed by atoms with E-state index in [2.05, 4.69) is 10.3 Å². The van der Waals surface area contributed by atoms with Gasteiger partial charge in [-0.2, -0.15) is 5.26 Å². The number of nitrogens with zero attached hydrogens (tertiary/aromatic N) is 3. The molecule has 0 aliphatic carbocycles. The number of carbonyl (C=O) groups excluding carboxylic acids is 1. The largest absolute Gasteiger partial charge is 0.396 e. The van der Waals surface area contributed by atoms with Crippen LogP contribution in [-0.2, 0) is 4.79 Å². The molecule has 0 unspecified atom stereocenters. The molecule has 0 atom stereocenters. The first-order valence-corrected chi connectivity index (χ1v) is 6.38. The summed E-state index contributed by atoms with van der Waals surface area (Å²) in [4.78, 5) is 17.8. The number of pyridine rings is 1. The van der Waals surface area contributed by atoms with E-state index in [1.807, 2.05) is 11.0 Å². The highest BCUT2D eigenvalue weighted by Gasteiger charge is 2.17. The predicted molar refractivity (Wildman–Crippen MR) is 72.3 cm³/mol. The van der Waals surface area contributed by atoms with E-state index < -0.39 is 0 Å². The van der Waals surface area contributed by atoms with Crippen LogP contribution in [0.25, 0.3) is 0 Å². The Labute approximate surface area is 112 Å². The van der Waals surface area contributed by atoms with Crippen molar-refractivity contribution in [2.75, 3.05) is 30.7 Å². The Morgan fingerprint density at radius 2 is 2.26 bits per heavy atom. The molecule has 0 aromatic carbocycles. The molecule has 1 aliphatic heterocycles. The highest BCUT2D eigenvalue weighted by Crippen LogP contribution is 2.16. The van der Waals surface area contributed by atoms with E-state index in [0.717, 1.165) is 25.9 Å². The van der Waals surface area contributed by atoms with Gasteiger partial charge in [0, 0.05) is 32.3 Å². The third-order valence-corrected chi connectivity index (χ3v) is 3.14. The van der Waals surface area contributed by atoms with Crippen molar-refractivity contribution in [1.29, 1.82) is 5.26 Å². The lowest BCUT2D eigenvalue weighted by atomic mass is 10.2. The zero-order chi connectivity index (χ0) is 13.7. The van der Waals surface area contributed by atoms with Gasteiger partial charge in [0.25, 0.3) is 0 Å². The number of rotatable bonds is 4. The number of nitrogen functional groups attached to an aromatic ring is 1. The zero-order valence-corrected chi connectivity index (χ0v) is 10.7. The molecular formula is C13H17N5O. The Hall–Kier alpha value is -2.29. The van der Waals surface area contributed by atoms with Gasteiger partial charge in [0.2, 0.25) is 5.91 Å². The fourth-order valence-corrected chi connectivity index (χ4v) is 2.10. The number of nitrogens with two attached hydrogens (primary N) is 1. The van der Waals surface area contributed by atoms with E-state index in [1.165, 1.54) is 6.20 Å². The number of carbonyl (C=O) groups is 1. The Bertz CT molecular complexity index is 502. The molecule has 2 rings (SSSR count). The van der Waals surface area contributed by atoms with Crippen LogP contribution >= 0.6 is 0 Å². The van der Waals surface area contributed by atoms with E-state index in [1.54, 1.807) is 6.07 Å². The van der Waals surface area contributed by atoms with Gasteiger partial charge in [0.05, 0.1) is 11.3 Å². The molecule has 1 fully saturated rings. The topological polar surface area (TPSA) is 95.0 Å². The minimum Gasteiger partial charge on any atom is -0.396 e. The van der Waals surface area contributed by atoms with Gasteiger partial charge < -0.3 is 16.0 Å². The average Bonchev–Trinajstić information content (AvgIpc) is 2.94. The molecule has 0 saturated carbocycles. The van der Waals surface area contributed by atoms with E-state index in [9.17, 15) is 4.79 Å². The van der Waals surface area contributed by atoms with Crippen LogP contribution in [0.5, 0.6) is 0 Å². The Kier molecular flexibility index (Phi) is 4.18. The normalized spacial score (nSPS) is 14.2. The number of likely N-dealkylation sites (tertiary alicyclic amines) is 1. The van der Waals surface area contributed by atoms with E-state index >= 15 is 0 Å². The second-order valence-corrected chi connectivity index (χ2v) is 4.54. The SMILES string of the molecule is N#Cc1cnc(NCCC(=O)N2CCCC2)c(N)c1. The molecule has 6 heteroatoms. The number of hydrogen-bond acceptors (Lipinski definition) is 5. The maximum Gasteiger partial charge on any atom is 0.224 e. The highest BCUT2D eigenvalue weighted by atomic mass is 16.2. The van der Waals surface area contributed by atoms with Gasteiger partial charge in [0.15, 0.2) is 0 Å². The Morgan fingerprint density at radius 3 is 2.89 bits per heavy atom. The quantitative estimate of drug-likeness (QED) is 0.839. The summed E-state index contributed by atoms with van der Waals surface area (Å²) >= 11 is 0. The molecule has 1 saturated heterocycles. The number of nitrogens with one attached hydrogen (secondary N) is 1. The standard InChI is InChI=1S/C13H17N5O/c14-8-10-7-11(15)13(17-9-10)16-4-3-12(19)18-5-1-2-6-18/h7,9H,1-6,15H2,(H,16,17).